The average molecular weight is 455 g/mol. The monoisotopic (exact) mass is 454 g/mol. The SMILES string of the molecule is CC(C)(CO)CCNC(=O)C(CC(=O)O)NC(=O)OCC1c2ccccc2-c2ccccc21. The summed E-state index contributed by atoms with van der Waals surface area (Å²) in [6.07, 6.45) is -0.923. The number of ether oxygens (including phenoxy) is 1. The van der Waals surface area contributed by atoms with Crippen molar-refractivity contribution in [2.75, 3.05) is 19.8 Å². The molecule has 1 aliphatic carbocycles. The third-order valence-electron chi connectivity index (χ3n) is 5.86. The van der Waals surface area contributed by atoms with E-state index in [-0.39, 0.29) is 31.1 Å². The lowest BCUT2D eigenvalue weighted by Crippen LogP contribution is -2.48. The van der Waals surface area contributed by atoms with E-state index in [1.165, 1.54) is 0 Å². The van der Waals surface area contributed by atoms with E-state index >= 15 is 0 Å². The fourth-order valence-electron chi connectivity index (χ4n) is 3.89. The number of fused-ring (bicyclic) bond motifs is 3. The summed E-state index contributed by atoms with van der Waals surface area (Å²) in [4.78, 5) is 36.1. The fraction of sp³-hybridized carbons (Fsp3) is 0.400. The molecule has 33 heavy (non-hydrogen) atoms. The molecule has 4 N–H and O–H groups in total. The summed E-state index contributed by atoms with van der Waals surface area (Å²) in [7, 11) is 0. The van der Waals surface area contributed by atoms with E-state index in [1.54, 1.807) is 0 Å². The van der Waals surface area contributed by atoms with Crippen LogP contribution in [-0.2, 0) is 14.3 Å². The highest BCUT2D eigenvalue weighted by Gasteiger charge is 2.30. The zero-order valence-corrected chi connectivity index (χ0v) is 18.8. The third kappa shape index (κ3) is 6.10. The minimum absolute atomic E-state index is 0.0422. The first-order chi connectivity index (χ1) is 15.7. The maximum atomic E-state index is 12.5. The van der Waals surface area contributed by atoms with Crippen LogP contribution in [0.3, 0.4) is 0 Å². The Bertz CT molecular complexity index is 974. The number of hydrogen-bond acceptors (Lipinski definition) is 5. The Balaban J connectivity index is 1.60. The second-order valence-electron chi connectivity index (χ2n) is 8.98. The van der Waals surface area contributed by atoms with Crippen LogP contribution in [0.4, 0.5) is 4.79 Å². The van der Waals surface area contributed by atoms with Gasteiger partial charge in [0, 0.05) is 19.1 Å². The molecule has 0 saturated heterocycles. The number of rotatable bonds is 10. The number of benzene rings is 2. The highest BCUT2D eigenvalue weighted by atomic mass is 16.5. The molecule has 1 atom stereocenters. The Labute approximate surface area is 193 Å². The number of aliphatic hydroxyl groups excluding tert-OH is 1. The molecule has 0 fully saturated rings. The first-order valence-electron chi connectivity index (χ1n) is 10.9. The van der Waals surface area contributed by atoms with Crippen LogP contribution in [0, 0.1) is 5.41 Å². The smallest absolute Gasteiger partial charge is 0.407 e. The van der Waals surface area contributed by atoms with Crippen molar-refractivity contribution >= 4 is 18.0 Å². The van der Waals surface area contributed by atoms with Crippen LogP contribution in [0.25, 0.3) is 11.1 Å². The van der Waals surface area contributed by atoms with Crippen LogP contribution in [0.1, 0.15) is 43.7 Å². The van der Waals surface area contributed by atoms with Gasteiger partial charge in [-0.1, -0.05) is 62.4 Å². The lowest BCUT2D eigenvalue weighted by molar-refractivity contribution is -0.139. The molecule has 0 heterocycles. The Kier molecular flexibility index (Phi) is 7.71. The molecule has 0 bridgehead atoms. The number of nitrogens with one attached hydrogen (secondary N) is 2. The van der Waals surface area contributed by atoms with Gasteiger partial charge in [-0.15, -0.1) is 0 Å². The van der Waals surface area contributed by atoms with Crippen LogP contribution in [0.2, 0.25) is 0 Å². The normalized spacial score (nSPS) is 13.5. The van der Waals surface area contributed by atoms with E-state index in [2.05, 4.69) is 10.6 Å². The van der Waals surface area contributed by atoms with Gasteiger partial charge in [-0.3, -0.25) is 9.59 Å². The number of alkyl carbamates (subject to hydrolysis) is 1. The summed E-state index contributed by atoms with van der Waals surface area (Å²) >= 11 is 0. The maximum Gasteiger partial charge on any atom is 0.407 e. The van der Waals surface area contributed by atoms with E-state index in [0.29, 0.717) is 6.42 Å². The lowest BCUT2D eigenvalue weighted by Gasteiger charge is -2.23. The molecule has 0 aromatic heterocycles. The van der Waals surface area contributed by atoms with Gasteiger partial charge in [-0.25, -0.2) is 4.79 Å². The van der Waals surface area contributed by atoms with Crippen LogP contribution in [0.5, 0.6) is 0 Å². The second-order valence-corrected chi connectivity index (χ2v) is 8.98. The van der Waals surface area contributed by atoms with Gasteiger partial charge in [0.05, 0.1) is 6.42 Å². The standard InChI is InChI=1S/C25H30N2O6/c1-25(2,15-28)11-12-26-23(31)21(13-22(29)30)27-24(32)33-14-20-18-9-5-3-7-16(18)17-8-4-6-10-19(17)20/h3-10,20-21,28H,11-15H2,1-2H3,(H,26,31)(H,27,32)(H,29,30). The molecule has 2 aromatic carbocycles. The molecule has 8 heteroatoms. The molecule has 8 nitrogen and oxygen atoms in total. The van der Waals surface area contributed by atoms with Crippen LogP contribution in [-0.4, -0.2) is 54.0 Å². The second kappa shape index (κ2) is 10.5. The molecule has 0 saturated carbocycles. The maximum absolute atomic E-state index is 12.5. The van der Waals surface area contributed by atoms with Crippen LogP contribution >= 0.6 is 0 Å². The summed E-state index contributed by atoms with van der Waals surface area (Å²) in [5, 5.41) is 23.5. The predicted molar refractivity (Wildman–Crippen MR) is 123 cm³/mol. The van der Waals surface area contributed by atoms with Gasteiger partial charge in [-0.05, 0) is 34.1 Å². The Morgan fingerprint density at radius 2 is 1.61 bits per heavy atom. The molecular formula is C25H30N2O6. The molecule has 2 amide bonds. The molecular weight excluding hydrogens is 424 g/mol. The van der Waals surface area contributed by atoms with Crippen molar-refractivity contribution in [2.24, 2.45) is 5.41 Å². The van der Waals surface area contributed by atoms with Gasteiger partial charge in [-0.2, -0.15) is 0 Å². The third-order valence-corrected chi connectivity index (χ3v) is 5.86. The first kappa shape index (κ1) is 24.3. The van der Waals surface area contributed by atoms with Crippen molar-refractivity contribution in [1.29, 1.82) is 0 Å². The van der Waals surface area contributed by atoms with Gasteiger partial charge < -0.3 is 25.6 Å². The summed E-state index contributed by atoms with van der Waals surface area (Å²) in [5.74, 6) is -1.97. The number of carbonyl (C=O) groups is 3. The molecule has 176 valence electrons. The van der Waals surface area contributed by atoms with E-state index in [4.69, 9.17) is 9.84 Å². The summed E-state index contributed by atoms with van der Waals surface area (Å²) in [6.45, 7) is 3.96. The lowest BCUT2D eigenvalue weighted by atomic mass is 9.90. The number of amides is 2. The van der Waals surface area contributed by atoms with E-state index in [0.717, 1.165) is 22.3 Å². The van der Waals surface area contributed by atoms with Crippen molar-refractivity contribution < 1.29 is 29.3 Å². The highest BCUT2D eigenvalue weighted by Crippen LogP contribution is 2.44. The van der Waals surface area contributed by atoms with Gasteiger partial charge in [0.2, 0.25) is 5.91 Å². The zero-order chi connectivity index (χ0) is 24.0. The topological polar surface area (TPSA) is 125 Å². The van der Waals surface area contributed by atoms with Gasteiger partial charge >= 0.3 is 12.1 Å². The fourth-order valence-corrected chi connectivity index (χ4v) is 3.89. The van der Waals surface area contributed by atoms with Gasteiger partial charge in [0.15, 0.2) is 0 Å². The van der Waals surface area contributed by atoms with Crippen molar-refractivity contribution in [1.82, 2.24) is 10.6 Å². The van der Waals surface area contributed by atoms with Crippen LogP contribution in [0.15, 0.2) is 48.5 Å². The molecule has 1 unspecified atom stereocenters. The number of carboxylic acids is 1. The summed E-state index contributed by atoms with van der Waals surface area (Å²) < 4.78 is 5.42. The van der Waals surface area contributed by atoms with E-state index < -0.39 is 30.4 Å². The van der Waals surface area contributed by atoms with Crippen molar-refractivity contribution in [3.63, 3.8) is 0 Å². The minimum atomic E-state index is -1.27. The number of aliphatic carboxylic acids is 1. The Hall–Kier alpha value is -3.39. The molecule has 0 spiro atoms. The molecule has 0 radical (unpaired) electrons. The zero-order valence-electron chi connectivity index (χ0n) is 18.8. The average Bonchev–Trinajstić information content (AvgIpc) is 3.10. The summed E-state index contributed by atoms with van der Waals surface area (Å²) in [6, 6.07) is 14.6. The van der Waals surface area contributed by atoms with Gasteiger partial charge in [0.25, 0.3) is 0 Å². The predicted octanol–water partition coefficient (Wildman–Crippen LogP) is 2.89. The summed E-state index contributed by atoms with van der Waals surface area (Å²) in [5.41, 5.74) is 3.92. The van der Waals surface area contributed by atoms with E-state index in [1.807, 2.05) is 62.4 Å². The Morgan fingerprint density at radius 1 is 1.03 bits per heavy atom. The van der Waals surface area contributed by atoms with E-state index in [9.17, 15) is 19.5 Å². The molecule has 3 rings (SSSR count). The first-order valence-corrected chi connectivity index (χ1v) is 10.9. The molecule has 0 aliphatic heterocycles. The minimum Gasteiger partial charge on any atom is -0.481 e. The van der Waals surface area contributed by atoms with Gasteiger partial charge in [0.1, 0.15) is 12.6 Å². The number of aliphatic hydroxyl groups is 1. The number of carbonyl (C=O) groups excluding carboxylic acids is 2. The van der Waals surface area contributed by atoms with Crippen molar-refractivity contribution in [3.8, 4) is 11.1 Å². The van der Waals surface area contributed by atoms with Crippen molar-refractivity contribution in [3.05, 3.63) is 59.7 Å². The number of carboxylic acid groups (broad SMARTS) is 1. The van der Waals surface area contributed by atoms with Crippen molar-refractivity contribution in [2.45, 2.75) is 38.6 Å². The highest BCUT2D eigenvalue weighted by molar-refractivity contribution is 5.89. The largest absolute Gasteiger partial charge is 0.481 e. The number of hydrogen-bond donors (Lipinski definition) is 4. The molecule has 2 aromatic rings. The molecule has 1 aliphatic rings. The Morgan fingerprint density at radius 3 is 2.15 bits per heavy atom. The quantitative estimate of drug-likeness (QED) is 0.438. The van der Waals surface area contributed by atoms with Crippen LogP contribution < -0.4 is 10.6 Å².